The van der Waals surface area contributed by atoms with Gasteiger partial charge in [-0.05, 0) is 36.0 Å². The van der Waals surface area contributed by atoms with Crippen LogP contribution in [0, 0.1) is 5.92 Å². The predicted octanol–water partition coefficient (Wildman–Crippen LogP) is 4.20. The molecule has 0 bridgehead atoms. The van der Waals surface area contributed by atoms with Crippen molar-refractivity contribution < 1.29 is 0 Å². The van der Waals surface area contributed by atoms with E-state index in [1.165, 1.54) is 5.56 Å². The maximum Gasteiger partial charge on any atom is 0.193 e. The summed E-state index contributed by atoms with van der Waals surface area (Å²) in [6, 6.07) is 8.30. The minimum absolute atomic E-state index is 0. The number of halogens is 1. The highest BCUT2D eigenvalue weighted by atomic mass is 127. The highest BCUT2D eigenvalue weighted by molar-refractivity contribution is 14.0. The van der Waals surface area contributed by atoms with E-state index in [9.17, 15) is 0 Å². The summed E-state index contributed by atoms with van der Waals surface area (Å²) in [5, 5.41) is 3.14. The van der Waals surface area contributed by atoms with Crippen LogP contribution in [-0.2, 0) is 0 Å². The summed E-state index contributed by atoms with van der Waals surface area (Å²) in [5.41, 5.74) is 8.16. The Morgan fingerprint density at radius 2 is 1.95 bits per heavy atom. The van der Waals surface area contributed by atoms with Crippen LogP contribution in [0.25, 0.3) is 0 Å². The number of hydrogen-bond donors (Lipinski definition) is 2. The molecule has 0 atom stereocenters. The molecule has 0 amide bonds. The van der Waals surface area contributed by atoms with Crippen molar-refractivity contribution in [1.82, 2.24) is 0 Å². The molecule has 1 aromatic rings. The third-order valence-corrected chi connectivity index (χ3v) is 2.81. The van der Waals surface area contributed by atoms with Gasteiger partial charge in [0.2, 0.25) is 0 Å². The normalized spacial score (nSPS) is 11.6. The molecule has 0 fully saturated rings. The van der Waals surface area contributed by atoms with E-state index in [1.54, 1.807) is 0 Å². The summed E-state index contributed by atoms with van der Waals surface area (Å²) in [4.78, 5) is 4.32. The van der Waals surface area contributed by atoms with Crippen LogP contribution in [0.1, 0.15) is 45.6 Å². The van der Waals surface area contributed by atoms with E-state index in [0.29, 0.717) is 17.8 Å². The topological polar surface area (TPSA) is 50.4 Å². The number of benzene rings is 1. The van der Waals surface area contributed by atoms with Gasteiger partial charge >= 0.3 is 0 Å². The Labute approximate surface area is 134 Å². The van der Waals surface area contributed by atoms with Crippen molar-refractivity contribution in [3.05, 3.63) is 29.8 Å². The maximum absolute atomic E-state index is 5.86. The van der Waals surface area contributed by atoms with Gasteiger partial charge in [-0.25, -0.2) is 0 Å². The fraction of sp³-hybridized carbons (Fsp3) is 0.533. The van der Waals surface area contributed by atoms with Gasteiger partial charge in [-0.1, -0.05) is 39.8 Å². The summed E-state index contributed by atoms with van der Waals surface area (Å²) < 4.78 is 0. The maximum atomic E-state index is 5.86. The first-order valence-electron chi connectivity index (χ1n) is 6.66. The quantitative estimate of drug-likeness (QED) is 0.460. The first-order valence-corrected chi connectivity index (χ1v) is 6.66. The lowest BCUT2D eigenvalue weighted by Gasteiger charge is -2.10. The minimum Gasteiger partial charge on any atom is -0.370 e. The number of hydrogen-bond acceptors (Lipinski definition) is 1. The second-order valence-electron chi connectivity index (χ2n) is 5.35. The predicted molar refractivity (Wildman–Crippen MR) is 95.5 cm³/mol. The number of nitrogens with one attached hydrogen (secondary N) is 1. The van der Waals surface area contributed by atoms with Gasteiger partial charge in [0.15, 0.2) is 5.96 Å². The van der Waals surface area contributed by atoms with Gasteiger partial charge in [0.25, 0.3) is 0 Å². The summed E-state index contributed by atoms with van der Waals surface area (Å²) in [7, 11) is 0. The van der Waals surface area contributed by atoms with E-state index in [0.717, 1.165) is 18.7 Å². The zero-order chi connectivity index (χ0) is 13.5. The number of anilines is 1. The summed E-state index contributed by atoms with van der Waals surface area (Å²) >= 11 is 0. The van der Waals surface area contributed by atoms with E-state index in [1.807, 2.05) is 12.1 Å². The van der Waals surface area contributed by atoms with Gasteiger partial charge in [0.1, 0.15) is 0 Å². The van der Waals surface area contributed by atoms with Crippen molar-refractivity contribution in [1.29, 1.82) is 0 Å². The van der Waals surface area contributed by atoms with E-state index >= 15 is 0 Å². The van der Waals surface area contributed by atoms with Crippen LogP contribution in [-0.4, -0.2) is 12.5 Å². The lowest BCUT2D eigenvalue weighted by Crippen LogP contribution is -2.23. The van der Waals surface area contributed by atoms with Crippen LogP contribution < -0.4 is 11.1 Å². The van der Waals surface area contributed by atoms with Crippen molar-refractivity contribution in [3.8, 4) is 0 Å². The molecular weight excluding hydrogens is 349 g/mol. The molecule has 0 radical (unpaired) electrons. The van der Waals surface area contributed by atoms with E-state index in [-0.39, 0.29) is 24.0 Å². The number of rotatable bonds is 5. The Kier molecular flexibility index (Phi) is 8.80. The Morgan fingerprint density at radius 3 is 2.53 bits per heavy atom. The lowest BCUT2D eigenvalue weighted by atomic mass is 10.0. The van der Waals surface area contributed by atoms with Crippen LogP contribution in [0.2, 0.25) is 0 Å². The molecule has 3 nitrogen and oxygen atoms in total. The fourth-order valence-corrected chi connectivity index (χ4v) is 1.61. The molecule has 0 aromatic heterocycles. The molecule has 19 heavy (non-hydrogen) atoms. The summed E-state index contributed by atoms with van der Waals surface area (Å²) in [6.07, 6.45) is 1.06. The lowest BCUT2D eigenvalue weighted by molar-refractivity contribution is 0.597. The molecule has 0 saturated carbocycles. The SMILES string of the molecule is CC(C)CCN=C(N)Nc1cccc(C(C)C)c1.I. The monoisotopic (exact) mass is 375 g/mol. The van der Waals surface area contributed by atoms with Gasteiger partial charge in [0, 0.05) is 12.2 Å². The van der Waals surface area contributed by atoms with Crippen LogP contribution in [0.3, 0.4) is 0 Å². The van der Waals surface area contributed by atoms with Crippen molar-refractivity contribution in [2.24, 2.45) is 16.6 Å². The Bertz CT molecular complexity index is 400. The molecule has 0 spiro atoms. The molecule has 0 aliphatic rings. The van der Waals surface area contributed by atoms with Gasteiger partial charge < -0.3 is 11.1 Å². The first-order chi connectivity index (χ1) is 8.49. The van der Waals surface area contributed by atoms with Gasteiger partial charge in [-0.3, -0.25) is 4.99 Å². The van der Waals surface area contributed by atoms with Crippen molar-refractivity contribution in [2.45, 2.75) is 40.0 Å². The van der Waals surface area contributed by atoms with Crippen LogP contribution in [0.5, 0.6) is 0 Å². The van der Waals surface area contributed by atoms with Crippen LogP contribution in [0.4, 0.5) is 5.69 Å². The van der Waals surface area contributed by atoms with Crippen LogP contribution >= 0.6 is 24.0 Å². The molecule has 0 saturated heterocycles. The average Bonchev–Trinajstić information content (AvgIpc) is 2.28. The van der Waals surface area contributed by atoms with Crippen molar-refractivity contribution in [2.75, 3.05) is 11.9 Å². The van der Waals surface area contributed by atoms with Crippen molar-refractivity contribution >= 4 is 35.6 Å². The number of aliphatic imine (C=N–C) groups is 1. The highest BCUT2D eigenvalue weighted by Gasteiger charge is 2.01. The van der Waals surface area contributed by atoms with E-state index < -0.39 is 0 Å². The Morgan fingerprint density at radius 1 is 1.26 bits per heavy atom. The molecule has 108 valence electrons. The molecule has 1 aromatic carbocycles. The zero-order valence-electron chi connectivity index (χ0n) is 12.3. The smallest absolute Gasteiger partial charge is 0.193 e. The number of nitrogens with two attached hydrogens (primary N) is 1. The molecule has 3 N–H and O–H groups in total. The molecule has 0 aliphatic heterocycles. The van der Waals surface area contributed by atoms with Gasteiger partial charge in [-0.2, -0.15) is 0 Å². The summed E-state index contributed by atoms with van der Waals surface area (Å²) in [5.74, 6) is 1.67. The Balaban J connectivity index is 0.00000324. The molecule has 0 heterocycles. The molecular formula is C15H26IN3. The highest BCUT2D eigenvalue weighted by Crippen LogP contribution is 2.18. The van der Waals surface area contributed by atoms with Gasteiger partial charge in [0.05, 0.1) is 0 Å². The average molecular weight is 375 g/mol. The second kappa shape index (κ2) is 9.18. The van der Waals surface area contributed by atoms with Crippen molar-refractivity contribution in [3.63, 3.8) is 0 Å². The molecule has 4 heteroatoms. The molecule has 1 rings (SSSR count). The minimum atomic E-state index is 0. The standard InChI is InChI=1S/C15H25N3.HI/c1-11(2)8-9-17-15(16)18-14-7-5-6-13(10-14)12(3)4;/h5-7,10-12H,8-9H2,1-4H3,(H3,16,17,18);1H. The first kappa shape index (κ1) is 18.2. The van der Waals surface area contributed by atoms with Crippen LogP contribution in [0.15, 0.2) is 29.3 Å². The zero-order valence-corrected chi connectivity index (χ0v) is 14.6. The number of nitrogens with zero attached hydrogens (tertiary/aromatic N) is 1. The summed E-state index contributed by atoms with van der Waals surface area (Å²) in [6.45, 7) is 9.51. The Hall–Kier alpha value is -0.780. The second-order valence-corrected chi connectivity index (χ2v) is 5.35. The third-order valence-electron chi connectivity index (χ3n) is 2.81. The largest absolute Gasteiger partial charge is 0.370 e. The fourth-order valence-electron chi connectivity index (χ4n) is 1.61. The van der Waals surface area contributed by atoms with E-state index in [4.69, 9.17) is 5.73 Å². The van der Waals surface area contributed by atoms with Gasteiger partial charge in [-0.15, -0.1) is 24.0 Å². The third kappa shape index (κ3) is 7.40. The number of guanidine groups is 1. The van der Waals surface area contributed by atoms with E-state index in [2.05, 4.69) is 50.1 Å². The molecule has 0 unspecified atom stereocenters. The molecule has 0 aliphatic carbocycles.